The standard InChI is InChI=1S/C15H21ClFN3O3S/c1-19-7-5-11(6-8-19)18-15(21)10-20(24(2,22)23)12-3-4-14(17)13(16)9-12/h3-4,9,11H,5-8,10H2,1-2H3,(H,18,21). The summed E-state index contributed by atoms with van der Waals surface area (Å²) in [6.07, 6.45) is 2.64. The van der Waals surface area contributed by atoms with E-state index in [1.165, 1.54) is 12.1 Å². The maximum atomic E-state index is 13.3. The van der Waals surface area contributed by atoms with Crippen LogP contribution in [0.25, 0.3) is 0 Å². The molecule has 0 aliphatic carbocycles. The van der Waals surface area contributed by atoms with Gasteiger partial charge in [0.15, 0.2) is 0 Å². The van der Waals surface area contributed by atoms with Gasteiger partial charge in [0.05, 0.1) is 17.0 Å². The molecule has 0 unspecified atom stereocenters. The average Bonchev–Trinajstić information content (AvgIpc) is 2.49. The highest BCUT2D eigenvalue weighted by molar-refractivity contribution is 7.92. The molecule has 1 saturated heterocycles. The van der Waals surface area contributed by atoms with E-state index in [2.05, 4.69) is 10.2 Å². The number of sulfonamides is 1. The van der Waals surface area contributed by atoms with E-state index < -0.39 is 21.7 Å². The van der Waals surface area contributed by atoms with Gasteiger partial charge in [-0.25, -0.2) is 12.8 Å². The Balaban J connectivity index is 2.09. The Kier molecular flexibility index (Phi) is 6.06. The number of nitrogens with zero attached hydrogens (tertiary/aromatic N) is 2. The van der Waals surface area contributed by atoms with E-state index >= 15 is 0 Å². The fraction of sp³-hybridized carbons (Fsp3) is 0.533. The molecule has 0 radical (unpaired) electrons. The number of hydrogen-bond donors (Lipinski definition) is 1. The third kappa shape index (κ3) is 5.06. The molecule has 1 N–H and O–H groups in total. The van der Waals surface area contributed by atoms with Gasteiger partial charge in [-0.1, -0.05) is 11.6 Å². The Morgan fingerprint density at radius 1 is 1.42 bits per heavy atom. The molecule has 1 amide bonds. The van der Waals surface area contributed by atoms with Crippen molar-refractivity contribution < 1.29 is 17.6 Å². The van der Waals surface area contributed by atoms with Crippen molar-refractivity contribution in [2.24, 2.45) is 0 Å². The van der Waals surface area contributed by atoms with Crippen molar-refractivity contribution in [3.8, 4) is 0 Å². The van der Waals surface area contributed by atoms with Gasteiger partial charge < -0.3 is 10.2 Å². The first-order valence-corrected chi connectivity index (χ1v) is 9.80. The van der Waals surface area contributed by atoms with Crippen LogP contribution in [0.1, 0.15) is 12.8 Å². The van der Waals surface area contributed by atoms with Crippen molar-refractivity contribution >= 4 is 33.2 Å². The molecule has 134 valence electrons. The van der Waals surface area contributed by atoms with Crippen molar-refractivity contribution in [3.05, 3.63) is 29.0 Å². The SMILES string of the molecule is CN1CCC(NC(=O)CN(c2ccc(F)c(Cl)c2)S(C)(=O)=O)CC1. The molecule has 0 saturated carbocycles. The van der Waals surface area contributed by atoms with Crippen LogP contribution in [-0.2, 0) is 14.8 Å². The molecule has 1 aliphatic heterocycles. The largest absolute Gasteiger partial charge is 0.352 e. The van der Waals surface area contributed by atoms with Crippen LogP contribution >= 0.6 is 11.6 Å². The van der Waals surface area contributed by atoms with E-state index in [9.17, 15) is 17.6 Å². The molecule has 1 aliphatic rings. The van der Waals surface area contributed by atoms with Crippen LogP contribution in [0.2, 0.25) is 5.02 Å². The van der Waals surface area contributed by atoms with E-state index in [4.69, 9.17) is 11.6 Å². The Labute approximate surface area is 146 Å². The summed E-state index contributed by atoms with van der Waals surface area (Å²) in [5.41, 5.74) is 0.155. The molecule has 2 rings (SSSR count). The van der Waals surface area contributed by atoms with E-state index in [1.54, 1.807) is 0 Å². The van der Waals surface area contributed by atoms with Gasteiger partial charge in [0.2, 0.25) is 15.9 Å². The highest BCUT2D eigenvalue weighted by Crippen LogP contribution is 2.24. The van der Waals surface area contributed by atoms with Gasteiger partial charge in [0.25, 0.3) is 0 Å². The fourth-order valence-electron chi connectivity index (χ4n) is 2.60. The molecule has 0 bridgehead atoms. The van der Waals surface area contributed by atoms with Crippen molar-refractivity contribution in [1.29, 1.82) is 0 Å². The first-order valence-electron chi connectivity index (χ1n) is 7.57. The minimum atomic E-state index is -3.71. The monoisotopic (exact) mass is 377 g/mol. The number of anilines is 1. The average molecular weight is 378 g/mol. The quantitative estimate of drug-likeness (QED) is 0.843. The van der Waals surface area contributed by atoms with E-state index in [0.29, 0.717) is 0 Å². The van der Waals surface area contributed by atoms with Crippen molar-refractivity contribution in [3.63, 3.8) is 0 Å². The van der Waals surface area contributed by atoms with Gasteiger partial charge in [-0.15, -0.1) is 0 Å². The Hall–Kier alpha value is -1.38. The molecule has 1 aromatic rings. The zero-order valence-electron chi connectivity index (χ0n) is 13.6. The molecule has 6 nitrogen and oxygen atoms in total. The summed E-state index contributed by atoms with van der Waals surface area (Å²) in [6.45, 7) is 1.40. The number of nitrogens with one attached hydrogen (secondary N) is 1. The lowest BCUT2D eigenvalue weighted by molar-refractivity contribution is -0.120. The maximum absolute atomic E-state index is 13.3. The van der Waals surface area contributed by atoms with Crippen LogP contribution in [0.3, 0.4) is 0 Å². The van der Waals surface area contributed by atoms with Crippen LogP contribution in [0.5, 0.6) is 0 Å². The van der Waals surface area contributed by atoms with Crippen LogP contribution in [0.15, 0.2) is 18.2 Å². The second-order valence-corrected chi connectivity index (χ2v) is 8.33. The molecule has 0 aromatic heterocycles. The van der Waals surface area contributed by atoms with Gasteiger partial charge >= 0.3 is 0 Å². The van der Waals surface area contributed by atoms with E-state index in [-0.39, 0.29) is 23.3 Å². The fourth-order valence-corrected chi connectivity index (χ4v) is 3.62. The minimum Gasteiger partial charge on any atom is -0.352 e. The minimum absolute atomic E-state index is 0.0342. The zero-order chi connectivity index (χ0) is 17.9. The summed E-state index contributed by atoms with van der Waals surface area (Å²) in [6, 6.07) is 3.59. The number of benzene rings is 1. The van der Waals surface area contributed by atoms with Crippen LogP contribution in [0, 0.1) is 5.82 Å². The summed E-state index contributed by atoms with van der Waals surface area (Å²) in [5.74, 6) is -1.04. The molecular formula is C15H21ClFN3O3S. The normalized spacial score (nSPS) is 16.8. The van der Waals surface area contributed by atoms with Gasteiger partial charge in [-0.3, -0.25) is 9.10 Å². The second-order valence-electron chi connectivity index (χ2n) is 6.01. The predicted molar refractivity (Wildman–Crippen MR) is 92.3 cm³/mol. The molecule has 1 aromatic carbocycles. The lowest BCUT2D eigenvalue weighted by Gasteiger charge is -2.30. The highest BCUT2D eigenvalue weighted by Gasteiger charge is 2.24. The number of carbonyl (C=O) groups excluding carboxylic acids is 1. The van der Waals surface area contributed by atoms with Gasteiger partial charge in [-0.2, -0.15) is 0 Å². The Morgan fingerprint density at radius 2 is 2.04 bits per heavy atom. The van der Waals surface area contributed by atoms with Gasteiger partial charge in [0.1, 0.15) is 12.4 Å². The van der Waals surface area contributed by atoms with E-state index in [1.807, 2.05) is 7.05 Å². The van der Waals surface area contributed by atoms with Crippen molar-refractivity contribution in [2.75, 3.05) is 37.2 Å². The first-order chi connectivity index (χ1) is 11.2. The molecule has 1 heterocycles. The lowest BCUT2D eigenvalue weighted by atomic mass is 10.1. The van der Waals surface area contributed by atoms with Crippen LogP contribution in [0.4, 0.5) is 10.1 Å². The Morgan fingerprint density at radius 3 is 2.58 bits per heavy atom. The summed E-state index contributed by atoms with van der Waals surface area (Å²) in [5, 5.41) is 2.66. The third-order valence-corrected chi connectivity index (χ3v) is 5.39. The van der Waals surface area contributed by atoms with Gasteiger partial charge in [-0.05, 0) is 51.2 Å². The number of carbonyl (C=O) groups is 1. The molecule has 9 heteroatoms. The Bertz CT molecular complexity index is 706. The van der Waals surface area contributed by atoms with Crippen molar-refractivity contribution in [1.82, 2.24) is 10.2 Å². The maximum Gasteiger partial charge on any atom is 0.240 e. The molecule has 0 atom stereocenters. The predicted octanol–water partition coefficient (Wildman–Crippen LogP) is 1.46. The molecule has 1 fully saturated rings. The molecule has 24 heavy (non-hydrogen) atoms. The summed E-state index contributed by atoms with van der Waals surface area (Å²) >= 11 is 5.71. The van der Waals surface area contributed by atoms with Crippen LogP contribution in [-0.4, -0.2) is 58.2 Å². The number of hydrogen-bond acceptors (Lipinski definition) is 4. The van der Waals surface area contributed by atoms with Crippen LogP contribution < -0.4 is 9.62 Å². The van der Waals surface area contributed by atoms with Gasteiger partial charge in [0, 0.05) is 6.04 Å². The highest BCUT2D eigenvalue weighted by atomic mass is 35.5. The van der Waals surface area contributed by atoms with E-state index in [0.717, 1.165) is 42.6 Å². The number of likely N-dealkylation sites (tertiary alicyclic amines) is 1. The topological polar surface area (TPSA) is 69.7 Å². The second kappa shape index (κ2) is 7.67. The lowest BCUT2D eigenvalue weighted by Crippen LogP contribution is -2.47. The zero-order valence-corrected chi connectivity index (χ0v) is 15.2. The number of piperidine rings is 1. The molecule has 0 spiro atoms. The number of amides is 1. The summed E-state index contributed by atoms with van der Waals surface area (Å²) in [4.78, 5) is 14.4. The smallest absolute Gasteiger partial charge is 0.240 e. The summed E-state index contributed by atoms with van der Waals surface area (Å²) in [7, 11) is -1.69. The number of rotatable bonds is 5. The first kappa shape index (κ1) is 19.0. The number of halogens is 2. The third-order valence-electron chi connectivity index (χ3n) is 3.96. The summed E-state index contributed by atoms with van der Waals surface area (Å²) < 4.78 is 38.2. The molecular weight excluding hydrogens is 357 g/mol. The van der Waals surface area contributed by atoms with Crippen molar-refractivity contribution in [2.45, 2.75) is 18.9 Å².